The van der Waals surface area contributed by atoms with Crippen LogP contribution in [0.1, 0.15) is 29.8 Å². The highest BCUT2D eigenvalue weighted by atomic mass is 16.5. The zero-order valence-electron chi connectivity index (χ0n) is 15.6. The maximum absolute atomic E-state index is 12.9. The van der Waals surface area contributed by atoms with Crippen molar-refractivity contribution < 1.29 is 14.3 Å². The Hall–Kier alpha value is -2.61. The quantitative estimate of drug-likeness (QED) is 0.881. The zero-order chi connectivity index (χ0) is 18.8. The summed E-state index contributed by atoms with van der Waals surface area (Å²) in [4.78, 5) is 29.1. The van der Waals surface area contributed by atoms with Crippen molar-refractivity contribution in [3.05, 3.63) is 30.1 Å². The Morgan fingerprint density at radius 1 is 1.19 bits per heavy atom. The van der Waals surface area contributed by atoms with E-state index in [0.29, 0.717) is 38.5 Å². The van der Waals surface area contributed by atoms with Crippen molar-refractivity contribution >= 4 is 11.8 Å². The van der Waals surface area contributed by atoms with E-state index in [-0.39, 0.29) is 17.9 Å². The highest BCUT2D eigenvalue weighted by Crippen LogP contribution is 2.19. The molecule has 2 saturated heterocycles. The number of rotatable bonds is 3. The predicted molar refractivity (Wildman–Crippen MR) is 99.1 cm³/mol. The first-order chi connectivity index (χ1) is 13.1. The van der Waals surface area contributed by atoms with Gasteiger partial charge in [-0.05, 0) is 37.5 Å². The maximum Gasteiger partial charge on any atom is 0.271 e. The second kappa shape index (κ2) is 7.56. The van der Waals surface area contributed by atoms with Gasteiger partial charge in [-0.1, -0.05) is 0 Å². The van der Waals surface area contributed by atoms with Crippen LogP contribution in [0.3, 0.4) is 0 Å². The number of nitrogens with zero attached hydrogens (tertiary/aromatic N) is 4. The topological polar surface area (TPSA) is 83.5 Å². The van der Waals surface area contributed by atoms with Gasteiger partial charge in [0.1, 0.15) is 17.5 Å². The summed E-state index contributed by atoms with van der Waals surface area (Å²) in [5.74, 6) is -0.0105. The molecule has 2 amide bonds. The summed E-state index contributed by atoms with van der Waals surface area (Å²) in [5, 5.41) is 7.14. The number of hydrogen-bond donors (Lipinski definition) is 1. The SMILES string of the molecule is Cn1cccc1-c1cc(C(=O)N2CCCN(C(=O)[C@H]3CCCO3)CC2)[nH]n1. The number of aromatic nitrogens is 3. The fourth-order valence-corrected chi connectivity index (χ4v) is 3.78. The Bertz CT molecular complexity index is 821. The first-order valence-electron chi connectivity index (χ1n) is 9.50. The van der Waals surface area contributed by atoms with Crippen LogP contribution in [0.15, 0.2) is 24.4 Å². The Labute approximate surface area is 158 Å². The molecule has 27 heavy (non-hydrogen) atoms. The number of carbonyl (C=O) groups is 2. The van der Waals surface area contributed by atoms with Gasteiger partial charge in [-0.15, -0.1) is 0 Å². The first kappa shape index (κ1) is 17.8. The molecule has 4 heterocycles. The van der Waals surface area contributed by atoms with Gasteiger partial charge in [-0.3, -0.25) is 14.7 Å². The highest BCUT2D eigenvalue weighted by Gasteiger charge is 2.30. The monoisotopic (exact) mass is 371 g/mol. The summed E-state index contributed by atoms with van der Waals surface area (Å²) in [7, 11) is 1.94. The van der Waals surface area contributed by atoms with Crippen molar-refractivity contribution in [1.82, 2.24) is 24.6 Å². The van der Waals surface area contributed by atoms with Crippen molar-refractivity contribution in [2.75, 3.05) is 32.8 Å². The predicted octanol–water partition coefficient (Wildman–Crippen LogP) is 1.27. The molecule has 2 aromatic heterocycles. The lowest BCUT2D eigenvalue weighted by Crippen LogP contribution is -2.41. The van der Waals surface area contributed by atoms with Crippen LogP contribution in [0.25, 0.3) is 11.4 Å². The van der Waals surface area contributed by atoms with Crippen molar-refractivity contribution in [2.45, 2.75) is 25.4 Å². The number of aryl methyl sites for hydroxylation is 1. The van der Waals surface area contributed by atoms with Gasteiger partial charge in [0.25, 0.3) is 11.8 Å². The molecule has 144 valence electrons. The summed E-state index contributed by atoms with van der Waals surface area (Å²) >= 11 is 0. The summed E-state index contributed by atoms with van der Waals surface area (Å²) in [6, 6.07) is 5.70. The van der Waals surface area contributed by atoms with Gasteiger partial charge in [-0.25, -0.2) is 0 Å². The smallest absolute Gasteiger partial charge is 0.271 e. The van der Waals surface area contributed by atoms with E-state index in [2.05, 4.69) is 10.2 Å². The molecule has 0 aliphatic carbocycles. The number of amides is 2. The third-order valence-electron chi connectivity index (χ3n) is 5.31. The number of ether oxygens (including phenoxy) is 1. The van der Waals surface area contributed by atoms with E-state index in [4.69, 9.17) is 4.74 Å². The molecule has 0 bridgehead atoms. The molecule has 2 aliphatic heterocycles. The van der Waals surface area contributed by atoms with Crippen LogP contribution < -0.4 is 0 Å². The maximum atomic E-state index is 12.9. The first-order valence-corrected chi connectivity index (χ1v) is 9.50. The van der Waals surface area contributed by atoms with E-state index in [1.54, 1.807) is 11.0 Å². The molecule has 2 fully saturated rings. The van der Waals surface area contributed by atoms with Crippen LogP contribution in [0.4, 0.5) is 0 Å². The lowest BCUT2D eigenvalue weighted by Gasteiger charge is -2.24. The zero-order valence-corrected chi connectivity index (χ0v) is 15.6. The van der Waals surface area contributed by atoms with Crippen LogP contribution in [0.5, 0.6) is 0 Å². The molecule has 2 aromatic rings. The molecule has 0 aromatic carbocycles. The molecule has 1 atom stereocenters. The van der Waals surface area contributed by atoms with Gasteiger partial charge in [-0.2, -0.15) is 5.10 Å². The Morgan fingerprint density at radius 3 is 2.74 bits per heavy atom. The molecule has 8 heteroatoms. The minimum atomic E-state index is -0.298. The minimum absolute atomic E-state index is 0.0642. The van der Waals surface area contributed by atoms with Gasteiger partial charge in [0.2, 0.25) is 0 Å². The fourth-order valence-electron chi connectivity index (χ4n) is 3.78. The van der Waals surface area contributed by atoms with Gasteiger partial charge in [0.15, 0.2) is 0 Å². The van der Waals surface area contributed by atoms with E-state index >= 15 is 0 Å². The number of carbonyl (C=O) groups excluding carboxylic acids is 2. The van der Waals surface area contributed by atoms with E-state index in [1.807, 2.05) is 34.8 Å². The second-order valence-electron chi connectivity index (χ2n) is 7.14. The molecule has 0 radical (unpaired) electrons. The third kappa shape index (κ3) is 3.62. The number of hydrogen-bond acceptors (Lipinski definition) is 4. The number of aromatic amines is 1. The van der Waals surface area contributed by atoms with Crippen LogP contribution >= 0.6 is 0 Å². The van der Waals surface area contributed by atoms with E-state index in [1.165, 1.54) is 0 Å². The molecular weight excluding hydrogens is 346 g/mol. The van der Waals surface area contributed by atoms with Gasteiger partial charge in [0.05, 0.1) is 5.69 Å². The van der Waals surface area contributed by atoms with Crippen molar-refractivity contribution in [2.24, 2.45) is 7.05 Å². The molecule has 0 spiro atoms. The summed E-state index contributed by atoms with van der Waals surface area (Å²) in [6.07, 6.45) is 4.16. The molecule has 8 nitrogen and oxygen atoms in total. The Morgan fingerprint density at radius 2 is 2.00 bits per heavy atom. The highest BCUT2D eigenvalue weighted by molar-refractivity contribution is 5.93. The average molecular weight is 371 g/mol. The van der Waals surface area contributed by atoms with Gasteiger partial charge < -0.3 is 19.1 Å². The number of nitrogens with one attached hydrogen (secondary N) is 1. The molecule has 2 aliphatic rings. The lowest BCUT2D eigenvalue weighted by atomic mass is 10.2. The fraction of sp³-hybridized carbons (Fsp3) is 0.526. The van der Waals surface area contributed by atoms with Gasteiger partial charge in [0, 0.05) is 46.0 Å². The van der Waals surface area contributed by atoms with Gasteiger partial charge >= 0.3 is 0 Å². The second-order valence-corrected chi connectivity index (χ2v) is 7.14. The van der Waals surface area contributed by atoms with Crippen molar-refractivity contribution in [1.29, 1.82) is 0 Å². The van der Waals surface area contributed by atoms with Crippen molar-refractivity contribution in [3.63, 3.8) is 0 Å². The Balaban J connectivity index is 1.40. The normalized spacial score (nSPS) is 20.7. The van der Waals surface area contributed by atoms with Crippen LogP contribution in [0, 0.1) is 0 Å². The lowest BCUT2D eigenvalue weighted by molar-refractivity contribution is -0.140. The molecular formula is C19H25N5O3. The molecule has 0 unspecified atom stereocenters. The van der Waals surface area contributed by atoms with E-state index < -0.39 is 0 Å². The average Bonchev–Trinajstić information content (AvgIpc) is 3.40. The van der Waals surface area contributed by atoms with Crippen LogP contribution in [0.2, 0.25) is 0 Å². The van der Waals surface area contributed by atoms with Crippen molar-refractivity contribution in [3.8, 4) is 11.4 Å². The van der Waals surface area contributed by atoms with E-state index in [0.717, 1.165) is 30.7 Å². The largest absolute Gasteiger partial charge is 0.368 e. The number of H-pyrrole nitrogens is 1. The standard InChI is InChI=1S/C19H25N5O3/c1-22-7-2-5-16(22)14-13-15(21-20-14)18(25)23-8-4-9-24(11-10-23)19(26)17-6-3-12-27-17/h2,5,7,13,17H,3-4,6,8-12H2,1H3,(H,20,21)/t17-/m1/s1. The summed E-state index contributed by atoms with van der Waals surface area (Å²) < 4.78 is 7.48. The minimum Gasteiger partial charge on any atom is -0.368 e. The van der Waals surface area contributed by atoms with Crippen LogP contribution in [-0.4, -0.2) is 75.3 Å². The van der Waals surface area contributed by atoms with E-state index in [9.17, 15) is 9.59 Å². The Kier molecular flexibility index (Phi) is 4.98. The summed E-state index contributed by atoms with van der Waals surface area (Å²) in [5.41, 5.74) is 2.18. The molecule has 1 N–H and O–H groups in total. The molecule has 4 rings (SSSR count). The van der Waals surface area contributed by atoms with Crippen LogP contribution in [-0.2, 0) is 16.6 Å². The summed E-state index contributed by atoms with van der Waals surface area (Å²) in [6.45, 7) is 3.03. The third-order valence-corrected chi connectivity index (χ3v) is 5.31. The molecule has 0 saturated carbocycles.